The lowest BCUT2D eigenvalue weighted by molar-refractivity contribution is -0.147. The molecule has 0 aromatic heterocycles. The van der Waals surface area contributed by atoms with Gasteiger partial charge in [0.05, 0.1) is 7.11 Å². The van der Waals surface area contributed by atoms with Gasteiger partial charge in [0.2, 0.25) is 0 Å². The number of hydrogen-bond donors (Lipinski definition) is 2. The van der Waals surface area contributed by atoms with Gasteiger partial charge in [-0.3, -0.25) is 0 Å². The second kappa shape index (κ2) is 4.30. The van der Waals surface area contributed by atoms with Crippen molar-refractivity contribution in [3.8, 4) is 5.75 Å². The number of carboxylic acids is 1. The molecule has 0 aliphatic carbocycles. The van der Waals surface area contributed by atoms with Crippen LogP contribution in [0.4, 0.5) is 0 Å². The molecule has 0 aliphatic heterocycles. The number of aliphatic hydroxyl groups is 1. The van der Waals surface area contributed by atoms with Crippen LogP contribution >= 0.6 is 11.6 Å². The third-order valence-corrected chi connectivity index (χ3v) is 1.96. The fraction of sp³-hybridized carbons (Fsp3) is 0.222. The van der Waals surface area contributed by atoms with E-state index in [9.17, 15) is 9.90 Å². The van der Waals surface area contributed by atoms with Crippen LogP contribution in [0.1, 0.15) is 11.7 Å². The Labute approximate surface area is 85.7 Å². The third kappa shape index (κ3) is 2.16. The first-order chi connectivity index (χ1) is 6.56. The predicted octanol–water partition coefficient (Wildman–Crippen LogP) is 1.47. The Morgan fingerprint density at radius 2 is 2.21 bits per heavy atom. The van der Waals surface area contributed by atoms with Gasteiger partial charge in [-0.15, -0.1) is 0 Å². The van der Waals surface area contributed by atoms with E-state index < -0.39 is 12.1 Å². The summed E-state index contributed by atoms with van der Waals surface area (Å²) in [5.74, 6) is -1.07. The summed E-state index contributed by atoms with van der Waals surface area (Å²) in [4.78, 5) is 10.5. The quantitative estimate of drug-likeness (QED) is 0.803. The number of carbonyl (C=O) groups is 1. The van der Waals surface area contributed by atoms with Gasteiger partial charge in [0, 0.05) is 10.6 Å². The summed E-state index contributed by atoms with van der Waals surface area (Å²) in [6.07, 6.45) is -1.60. The largest absolute Gasteiger partial charge is 0.496 e. The van der Waals surface area contributed by atoms with Crippen LogP contribution in [0.3, 0.4) is 0 Å². The highest BCUT2D eigenvalue weighted by atomic mass is 35.5. The van der Waals surface area contributed by atoms with E-state index in [-0.39, 0.29) is 11.3 Å². The van der Waals surface area contributed by atoms with Crippen molar-refractivity contribution >= 4 is 17.6 Å². The minimum atomic E-state index is -1.60. The number of methoxy groups -OCH3 is 1. The summed E-state index contributed by atoms with van der Waals surface area (Å²) in [6, 6.07) is 4.36. The lowest BCUT2D eigenvalue weighted by atomic mass is 10.1. The number of carboxylic acid groups (broad SMARTS) is 1. The van der Waals surface area contributed by atoms with Gasteiger partial charge in [0.1, 0.15) is 5.75 Å². The standard InChI is InChI=1S/C9H9ClO4/c1-14-7-4-5(10)2-3-6(7)8(11)9(12)13/h2-4,8,11H,1H3,(H,12,13)/t8-/m1/s1. The number of rotatable bonds is 3. The minimum absolute atomic E-state index is 0.185. The lowest BCUT2D eigenvalue weighted by Crippen LogP contribution is -2.11. The van der Waals surface area contributed by atoms with Crippen LogP contribution in [0.25, 0.3) is 0 Å². The molecule has 1 rings (SSSR count). The van der Waals surface area contributed by atoms with E-state index in [1.807, 2.05) is 0 Å². The van der Waals surface area contributed by atoms with E-state index in [2.05, 4.69) is 0 Å². The molecule has 0 saturated carbocycles. The summed E-state index contributed by atoms with van der Waals surface area (Å²) < 4.78 is 4.89. The molecule has 14 heavy (non-hydrogen) atoms. The number of benzene rings is 1. The molecule has 0 unspecified atom stereocenters. The molecule has 0 radical (unpaired) electrons. The van der Waals surface area contributed by atoms with Crippen LogP contribution in [0.2, 0.25) is 5.02 Å². The van der Waals surface area contributed by atoms with Gasteiger partial charge in [-0.2, -0.15) is 0 Å². The maximum Gasteiger partial charge on any atom is 0.337 e. The number of halogens is 1. The Bertz CT molecular complexity index is 351. The van der Waals surface area contributed by atoms with Crippen LogP contribution in [-0.2, 0) is 4.79 Å². The predicted molar refractivity (Wildman–Crippen MR) is 50.6 cm³/mol. The zero-order valence-electron chi connectivity index (χ0n) is 7.40. The van der Waals surface area contributed by atoms with Crippen molar-refractivity contribution in [3.05, 3.63) is 28.8 Å². The van der Waals surface area contributed by atoms with Crippen LogP contribution in [0, 0.1) is 0 Å². The molecule has 76 valence electrons. The highest BCUT2D eigenvalue weighted by molar-refractivity contribution is 6.30. The van der Waals surface area contributed by atoms with Crippen molar-refractivity contribution in [1.29, 1.82) is 0 Å². The van der Waals surface area contributed by atoms with Crippen molar-refractivity contribution in [1.82, 2.24) is 0 Å². The Morgan fingerprint density at radius 3 is 2.71 bits per heavy atom. The number of ether oxygens (including phenoxy) is 1. The molecule has 0 spiro atoms. The van der Waals surface area contributed by atoms with Gasteiger partial charge in [0.15, 0.2) is 6.10 Å². The molecule has 0 aliphatic rings. The summed E-state index contributed by atoms with van der Waals surface area (Å²) in [5.41, 5.74) is 0.185. The monoisotopic (exact) mass is 216 g/mol. The van der Waals surface area contributed by atoms with E-state index >= 15 is 0 Å². The highest BCUT2D eigenvalue weighted by Crippen LogP contribution is 2.28. The average Bonchev–Trinajstić information content (AvgIpc) is 2.16. The zero-order chi connectivity index (χ0) is 10.7. The summed E-state index contributed by atoms with van der Waals surface area (Å²) in [7, 11) is 1.38. The van der Waals surface area contributed by atoms with Gasteiger partial charge in [-0.25, -0.2) is 4.79 Å². The van der Waals surface area contributed by atoms with Gasteiger partial charge in [-0.05, 0) is 12.1 Å². The molecule has 0 saturated heterocycles. The first-order valence-electron chi connectivity index (χ1n) is 3.80. The molecule has 1 atom stereocenters. The van der Waals surface area contributed by atoms with Gasteiger partial charge in [-0.1, -0.05) is 17.7 Å². The number of aliphatic carboxylic acids is 1. The topological polar surface area (TPSA) is 66.8 Å². The van der Waals surface area contributed by atoms with Crippen molar-refractivity contribution < 1.29 is 19.7 Å². The molecule has 1 aromatic carbocycles. The first-order valence-corrected chi connectivity index (χ1v) is 4.18. The maximum absolute atomic E-state index is 10.5. The van der Waals surface area contributed by atoms with Gasteiger partial charge >= 0.3 is 5.97 Å². The van der Waals surface area contributed by atoms with Crippen molar-refractivity contribution in [2.75, 3.05) is 7.11 Å². The van der Waals surface area contributed by atoms with Gasteiger partial charge in [0.25, 0.3) is 0 Å². The molecule has 1 aromatic rings. The van der Waals surface area contributed by atoms with Crippen LogP contribution in [-0.4, -0.2) is 23.3 Å². The molecule has 0 bridgehead atoms. The summed E-state index contributed by atoms with van der Waals surface area (Å²) >= 11 is 5.67. The fourth-order valence-corrected chi connectivity index (χ4v) is 1.21. The molecular weight excluding hydrogens is 208 g/mol. The normalized spacial score (nSPS) is 12.2. The molecule has 5 heteroatoms. The summed E-state index contributed by atoms with van der Waals surface area (Å²) in [5, 5.41) is 18.3. The Morgan fingerprint density at radius 1 is 1.57 bits per heavy atom. The van der Waals surface area contributed by atoms with E-state index in [4.69, 9.17) is 21.4 Å². The minimum Gasteiger partial charge on any atom is -0.496 e. The van der Waals surface area contributed by atoms with E-state index in [1.54, 1.807) is 0 Å². The number of aliphatic hydroxyl groups excluding tert-OH is 1. The third-order valence-electron chi connectivity index (χ3n) is 1.72. The van der Waals surface area contributed by atoms with Crippen LogP contribution < -0.4 is 4.74 Å². The lowest BCUT2D eigenvalue weighted by Gasteiger charge is -2.11. The number of hydrogen-bond acceptors (Lipinski definition) is 3. The smallest absolute Gasteiger partial charge is 0.337 e. The molecule has 0 amide bonds. The van der Waals surface area contributed by atoms with Crippen LogP contribution in [0.5, 0.6) is 5.75 Å². The van der Waals surface area contributed by atoms with Crippen LogP contribution in [0.15, 0.2) is 18.2 Å². The van der Waals surface area contributed by atoms with Crippen molar-refractivity contribution in [2.24, 2.45) is 0 Å². The SMILES string of the molecule is COc1cc(Cl)ccc1[C@@H](O)C(=O)O. The van der Waals surface area contributed by atoms with E-state index in [0.717, 1.165) is 0 Å². The Kier molecular flexibility index (Phi) is 3.33. The molecule has 0 fully saturated rings. The molecule has 2 N–H and O–H groups in total. The van der Waals surface area contributed by atoms with E-state index in [1.165, 1.54) is 25.3 Å². The summed E-state index contributed by atoms with van der Waals surface area (Å²) in [6.45, 7) is 0. The Balaban J connectivity index is 3.13. The second-order valence-corrected chi connectivity index (χ2v) is 3.06. The van der Waals surface area contributed by atoms with Crippen molar-refractivity contribution in [3.63, 3.8) is 0 Å². The highest BCUT2D eigenvalue weighted by Gasteiger charge is 2.20. The second-order valence-electron chi connectivity index (χ2n) is 2.63. The fourth-order valence-electron chi connectivity index (χ4n) is 1.04. The Hall–Kier alpha value is -1.26. The molecule has 4 nitrogen and oxygen atoms in total. The maximum atomic E-state index is 10.5. The average molecular weight is 217 g/mol. The molecule has 0 heterocycles. The van der Waals surface area contributed by atoms with Gasteiger partial charge < -0.3 is 14.9 Å². The molecular formula is C9H9ClO4. The van der Waals surface area contributed by atoms with Crippen molar-refractivity contribution in [2.45, 2.75) is 6.10 Å². The van der Waals surface area contributed by atoms with E-state index in [0.29, 0.717) is 5.02 Å². The first kappa shape index (κ1) is 10.8. The zero-order valence-corrected chi connectivity index (χ0v) is 8.15.